The molecular formula is C12H12ClN3O5S. The number of halogens is 1. The zero-order valence-electron chi connectivity index (χ0n) is 11.0. The van der Waals surface area contributed by atoms with Gasteiger partial charge < -0.3 is 21.2 Å². The molecule has 0 fully saturated rings. The van der Waals surface area contributed by atoms with Gasteiger partial charge in [-0.1, -0.05) is 11.6 Å². The first-order chi connectivity index (χ1) is 10.2. The predicted octanol–water partition coefficient (Wildman–Crippen LogP) is 1.47. The number of amides is 1. The molecule has 1 amide bonds. The number of carbonyl (C=O) groups is 1. The van der Waals surface area contributed by atoms with Crippen LogP contribution in [0.25, 0.3) is 0 Å². The standard InChI is InChI=1S/C12H12ClN3O5S/c13-9-8(14)4-7(12(15)17)10(11(9)22(18,19)20)16-5-6-2-1-3-21-6/h1-4,16H,5,14H2,(H2,15,17)(H,18,19,20). The molecule has 6 N–H and O–H groups in total. The van der Waals surface area contributed by atoms with Crippen molar-refractivity contribution in [3.8, 4) is 0 Å². The molecule has 8 nitrogen and oxygen atoms in total. The van der Waals surface area contributed by atoms with E-state index in [0.717, 1.165) is 6.07 Å². The van der Waals surface area contributed by atoms with Crippen LogP contribution in [0.15, 0.2) is 33.8 Å². The topological polar surface area (TPSA) is 149 Å². The SMILES string of the molecule is NC(=O)c1cc(N)c(Cl)c(S(=O)(=O)O)c1NCc1ccco1. The van der Waals surface area contributed by atoms with Crippen molar-refractivity contribution in [2.75, 3.05) is 11.1 Å². The molecule has 0 radical (unpaired) electrons. The molecule has 0 saturated heterocycles. The van der Waals surface area contributed by atoms with Gasteiger partial charge in [0.25, 0.3) is 16.0 Å². The maximum Gasteiger partial charge on any atom is 0.298 e. The van der Waals surface area contributed by atoms with Crippen molar-refractivity contribution in [1.82, 2.24) is 0 Å². The van der Waals surface area contributed by atoms with E-state index in [-0.39, 0.29) is 23.5 Å². The maximum absolute atomic E-state index is 11.6. The molecule has 1 aromatic heterocycles. The summed E-state index contributed by atoms with van der Waals surface area (Å²) >= 11 is 5.84. The molecule has 0 aliphatic rings. The Bertz CT molecular complexity index is 818. The quantitative estimate of drug-likeness (QED) is 0.473. The monoisotopic (exact) mass is 345 g/mol. The molecule has 10 heteroatoms. The van der Waals surface area contributed by atoms with Gasteiger partial charge in [0.15, 0.2) is 0 Å². The van der Waals surface area contributed by atoms with Crippen molar-refractivity contribution >= 4 is 39.0 Å². The summed E-state index contributed by atoms with van der Waals surface area (Å²) in [4.78, 5) is 10.8. The summed E-state index contributed by atoms with van der Waals surface area (Å²) in [5.74, 6) is -0.472. The number of hydrogen-bond acceptors (Lipinski definition) is 6. The Kier molecular flexibility index (Phi) is 4.31. The van der Waals surface area contributed by atoms with Crippen LogP contribution in [0.5, 0.6) is 0 Å². The van der Waals surface area contributed by atoms with Gasteiger partial charge in [0.1, 0.15) is 10.7 Å². The van der Waals surface area contributed by atoms with Crippen molar-refractivity contribution in [2.45, 2.75) is 11.4 Å². The lowest BCUT2D eigenvalue weighted by atomic mass is 10.1. The number of rotatable bonds is 5. The van der Waals surface area contributed by atoms with E-state index in [0.29, 0.717) is 5.76 Å². The van der Waals surface area contributed by atoms with Crippen LogP contribution in [-0.4, -0.2) is 18.9 Å². The number of furan rings is 1. The van der Waals surface area contributed by atoms with E-state index in [1.165, 1.54) is 6.26 Å². The fourth-order valence-electron chi connectivity index (χ4n) is 1.85. The second kappa shape index (κ2) is 5.87. The van der Waals surface area contributed by atoms with Crippen LogP contribution in [-0.2, 0) is 16.7 Å². The molecule has 0 spiro atoms. The molecule has 0 aliphatic carbocycles. The van der Waals surface area contributed by atoms with Gasteiger partial charge >= 0.3 is 0 Å². The van der Waals surface area contributed by atoms with E-state index < -0.39 is 25.9 Å². The summed E-state index contributed by atoms with van der Waals surface area (Å²) in [5, 5.41) is 2.26. The van der Waals surface area contributed by atoms with Gasteiger partial charge in [0.05, 0.1) is 34.8 Å². The highest BCUT2D eigenvalue weighted by molar-refractivity contribution is 7.86. The summed E-state index contributed by atoms with van der Waals surface area (Å²) in [5.41, 5.74) is 10.1. The van der Waals surface area contributed by atoms with Gasteiger partial charge in [0, 0.05) is 0 Å². The van der Waals surface area contributed by atoms with Gasteiger partial charge in [-0.25, -0.2) is 0 Å². The van der Waals surface area contributed by atoms with E-state index in [2.05, 4.69) is 5.32 Å². The minimum Gasteiger partial charge on any atom is -0.467 e. The van der Waals surface area contributed by atoms with Crippen LogP contribution >= 0.6 is 11.6 Å². The van der Waals surface area contributed by atoms with E-state index in [9.17, 15) is 17.8 Å². The van der Waals surface area contributed by atoms with Crippen LogP contribution in [0.2, 0.25) is 5.02 Å². The van der Waals surface area contributed by atoms with Gasteiger partial charge in [-0.3, -0.25) is 9.35 Å². The third-order valence-corrected chi connectivity index (χ3v) is 4.24. The van der Waals surface area contributed by atoms with E-state index in [1.54, 1.807) is 12.1 Å². The molecule has 0 bridgehead atoms. The van der Waals surface area contributed by atoms with Gasteiger partial charge in [-0.15, -0.1) is 0 Å². The number of nitrogens with two attached hydrogens (primary N) is 2. The van der Waals surface area contributed by atoms with E-state index in [4.69, 9.17) is 27.5 Å². The largest absolute Gasteiger partial charge is 0.467 e. The minimum atomic E-state index is -4.75. The van der Waals surface area contributed by atoms with Crippen LogP contribution in [0.1, 0.15) is 16.1 Å². The lowest BCUT2D eigenvalue weighted by Gasteiger charge is -2.16. The summed E-state index contributed by atoms with van der Waals surface area (Å²) in [7, 11) is -4.75. The Hall–Kier alpha value is -2.23. The molecular weight excluding hydrogens is 334 g/mol. The lowest BCUT2D eigenvalue weighted by Crippen LogP contribution is -2.18. The summed E-state index contributed by atoms with van der Waals surface area (Å²) < 4.78 is 37.6. The Morgan fingerprint density at radius 1 is 1.45 bits per heavy atom. The average Bonchev–Trinajstić information content (AvgIpc) is 2.90. The first-order valence-corrected chi connectivity index (χ1v) is 7.69. The van der Waals surface area contributed by atoms with Crippen molar-refractivity contribution < 1.29 is 22.2 Å². The second-order valence-corrected chi connectivity index (χ2v) is 6.04. The summed E-state index contributed by atoms with van der Waals surface area (Å²) in [6.07, 6.45) is 1.42. The summed E-state index contributed by atoms with van der Waals surface area (Å²) in [6.45, 7) is 0.0377. The third kappa shape index (κ3) is 3.16. The maximum atomic E-state index is 11.6. The van der Waals surface area contributed by atoms with Crippen molar-refractivity contribution in [2.24, 2.45) is 5.73 Å². The highest BCUT2D eigenvalue weighted by Gasteiger charge is 2.27. The van der Waals surface area contributed by atoms with Gasteiger partial charge in [-0.2, -0.15) is 8.42 Å². The Balaban J connectivity index is 2.61. The van der Waals surface area contributed by atoms with Crippen molar-refractivity contribution in [3.05, 3.63) is 40.8 Å². The number of anilines is 2. The molecule has 0 atom stereocenters. The van der Waals surface area contributed by atoms with Crippen LogP contribution < -0.4 is 16.8 Å². The smallest absolute Gasteiger partial charge is 0.298 e. The summed E-state index contributed by atoms with van der Waals surface area (Å²) in [6, 6.07) is 4.39. The van der Waals surface area contributed by atoms with Crippen molar-refractivity contribution in [1.29, 1.82) is 0 Å². The highest BCUT2D eigenvalue weighted by Crippen LogP contribution is 2.37. The zero-order valence-corrected chi connectivity index (χ0v) is 12.6. The molecule has 2 aromatic rings. The van der Waals surface area contributed by atoms with Gasteiger partial charge in [0.2, 0.25) is 0 Å². The molecule has 2 rings (SSSR count). The number of nitrogen functional groups attached to an aromatic ring is 1. The van der Waals surface area contributed by atoms with Gasteiger partial charge in [-0.05, 0) is 18.2 Å². The first kappa shape index (κ1) is 16.1. The number of primary amides is 1. The molecule has 0 aliphatic heterocycles. The van der Waals surface area contributed by atoms with E-state index in [1.807, 2.05) is 0 Å². The van der Waals surface area contributed by atoms with Crippen LogP contribution in [0.3, 0.4) is 0 Å². The molecule has 118 valence electrons. The predicted molar refractivity (Wildman–Crippen MR) is 80.2 cm³/mol. The third-order valence-electron chi connectivity index (χ3n) is 2.79. The number of nitrogens with one attached hydrogen (secondary N) is 1. The highest BCUT2D eigenvalue weighted by atomic mass is 35.5. The second-order valence-electron chi connectivity index (χ2n) is 4.30. The van der Waals surface area contributed by atoms with Crippen molar-refractivity contribution in [3.63, 3.8) is 0 Å². The van der Waals surface area contributed by atoms with Crippen LogP contribution in [0, 0.1) is 0 Å². The normalized spacial score (nSPS) is 11.4. The Morgan fingerprint density at radius 2 is 2.14 bits per heavy atom. The molecule has 22 heavy (non-hydrogen) atoms. The minimum absolute atomic E-state index is 0.0377. The molecule has 1 aromatic carbocycles. The lowest BCUT2D eigenvalue weighted by molar-refractivity contribution is 0.100. The zero-order chi connectivity index (χ0) is 16.5. The molecule has 0 unspecified atom stereocenters. The first-order valence-electron chi connectivity index (χ1n) is 5.87. The fraction of sp³-hybridized carbons (Fsp3) is 0.0833. The Labute approximate surface area is 130 Å². The fourth-order valence-corrected chi connectivity index (χ4v) is 3.08. The molecule has 1 heterocycles. The molecule has 0 saturated carbocycles. The Morgan fingerprint density at radius 3 is 2.64 bits per heavy atom. The number of benzene rings is 1. The number of carbonyl (C=O) groups excluding carboxylic acids is 1. The van der Waals surface area contributed by atoms with E-state index >= 15 is 0 Å². The van der Waals surface area contributed by atoms with Crippen LogP contribution in [0.4, 0.5) is 11.4 Å². The average molecular weight is 346 g/mol. The number of hydrogen-bond donors (Lipinski definition) is 4.